The van der Waals surface area contributed by atoms with E-state index in [2.05, 4.69) is 6.92 Å². The Labute approximate surface area is 131 Å². The first-order valence-corrected chi connectivity index (χ1v) is 7.73. The van der Waals surface area contributed by atoms with Gasteiger partial charge >= 0.3 is 0 Å². The molecule has 0 bridgehead atoms. The van der Waals surface area contributed by atoms with E-state index in [0.29, 0.717) is 19.0 Å². The Hall–Kier alpha value is -0.290. The molecule has 2 unspecified atom stereocenters. The molecule has 0 spiro atoms. The van der Waals surface area contributed by atoms with Gasteiger partial charge in [0, 0.05) is 12.5 Å². The maximum atomic E-state index is 12.0. The Balaban J connectivity index is 2.67. The smallest absolute Gasteiger partial charge is 0.256 e. The van der Waals surface area contributed by atoms with Crippen LogP contribution in [-0.4, -0.2) is 47.2 Å². The van der Waals surface area contributed by atoms with Gasteiger partial charge in [-0.2, -0.15) is 0 Å². The zero-order valence-corrected chi connectivity index (χ0v) is 13.9. The third kappa shape index (κ3) is 4.92. The molecule has 4 nitrogen and oxygen atoms in total. The fraction of sp³-hybridized carbons (Fsp3) is 0.786. The van der Waals surface area contributed by atoms with Crippen LogP contribution in [0.15, 0.2) is 12.2 Å². The van der Waals surface area contributed by atoms with Gasteiger partial charge in [-0.1, -0.05) is 42.3 Å². The molecule has 0 N–H and O–H groups in total. The molecule has 0 aliphatic carbocycles. The van der Waals surface area contributed by atoms with E-state index < -0.39 is 11.1 Å². The zero-order valence-electron chi connectivity index (χ0n) is 12.4. The first-order chi connectivity index (χ1) is 9.36. The van der Waals surface area contributed by atoms with Crippen molar-refractivity contribution < 1.29 is 14.3 Å². The van der Waals surface area contributed by atoms with Gasteiger partial charge in [0.25, 0.3) is 5.91 Å². The van der Waals surface area contributed by atoms with E-state index in [9.17, 15) is 4.79 Å². The lowest BCUT2D eigenvalue weighted by Gasteiger charge is -2.39. The Morgan fingerprint density at radius 2 is 1.80 bits per heavy atom. The first-order valence-electron chi connectivity index (χ1n) is 6.85. The first kappa shape index (κ1) is 17.8. The van der Waals surface area contributed by atoms with Crippen LogP contribution in [0.4, 0.5) is 0 Å². The SMILES string of the molecule is C/C=C/CN(CC1OC(C)C(C)C(C)O1)C(=O)C(Cl)Cl. The van der Waals surface area contributed by atoms with E-state index in [1.165, 1.54) is 0 Å². The molecule has 0 aromatic carbocycles. The molecule has 20 heavy (non-hydrogen) atoms. The lowest BCUT2D eigenvalue weighted by atomic mass is 9.99. The summed E-state index contributed by atoms with van der Waals surface area (Å²) in [4.78, 5) is 12.4. The molecule has 1 saturated heterocycles. The van der Waals surface area contributed by atoms with Gasteiger partial charge in [0.15, 0.2) is 11.1 Å². The van der Waals surface area contributed by atoms with E-state index in [1.54, 1.807) is 4.90 Å². The molecule has 1 amide bonds. The van der Waals surface area contributed by atoms with Gasteiger partial charge in [-0.05, 0) is 20.8 Å². The Bertz CT molecular complexity index is 337. The molecule has 2 atom stereocenters. The summed E-state index contributed by atoms with van der Waals surface area (Å²) in [6.45, 7) is 8.76. The molecule has 1 rings (SSSR count). The summed E-state index contributed by atoms with van der Waals surface area (Å²) in [6.07, 6.45) is 3.47. The van der Waals surface area contributed by atoms with Crippen molar-refractivity contribution in [3.63, 3.8) is 0 Å². The van der Waals surface area contributed by atoms with Crippen molar-refractivity contribution in [2.75, 3.05) is 13.1 Å². The van der Waals surface area contributed by atoms with Crippen molar-refractivity contribution in [1.82, 2.24) is 4.90 Å². The van der Waals surface area contributed by atoms with Crippen LogP contribution < -0.4 is 0 Å². The van der Waals surface area contributed by atoms with Crippen LogP contribution >= 0.6 is 23.2 Å². The molecule has 0 aromatic heterocycles. The van der Waals surface area contributed by atoms with Crippen LogP contribution in [0, 0.1) is 5.92 Å². The van der Waals surface area contributed by atoms with Crippen LogP contribution in [-0.2, 0) is 14.3 Å². The summed E-state index contributed by atoms with van der Waals surface area (Å²) in [5.74, 6) is -0.0164. The van der Waals surface area contributed by atoms with Gasteiger partial charge in [0.05, 0.1) is 18.8 Å². The quantitative estimate of drug-likeness (QED) is 0.576. The minimum Gasteiger partial charge on any atom is -0.347 e. The second-order valence-electron chi connectivity index (χ2n) is 5.08. The molecular weight excluding hydrogens is 301 g/mol. The van der Waals surface area contributed by atoms with Gasteiger partial charge in [0.1, 0.15) is 0 Å². The van der Waals surface area contributed by atoms with Crippen LogP contribution in [0.2, 0.25) is 0 Å². The van der Waals surface area contributed by atoms with Crippen LogP contribution in [0.1, 0.15) is 27.7 Å². The van der Waals surface area contributed by atoms with Gasteiger partial charge in [0.2, 0.25) is 0 Å². The van der Waals surface area contributed by atoms with Crippen molar-refractivity contribution >= 4 is 29.1 Å². The van der Waals surface area contributed by atoms with Crippen molar-refractivity contribution in [1.29, 1.82) is 0 Å². The summed E-state index contributed by atoms with van der Waals surface area (Å²) < 4.78 is 11.6. The van der Waals surface area contributed by atoms with Gasteiger partial charge in [-0.15, -0.1) is 0 Å². The van der Waals surface area contributed by atoms with Gasteiger partial charge in [-0.25, -0.2) is 0 Å². The van der Waals surface area contributed by atoms with Crippen molar-refractivity contribution in [2.24, 2.45) is 5.92 Å². The van der Waals surface area contributed by atoms with E-state index >= 15 is 0 Å². The summed E-state index contributed by atoms with van der Waals surface area (Å²) in [5, 5.41) is 0. The third-order valence-corrected chi connectivity index (χ3v) is 4.02. The molecule has 6 heteroatoms. The van der Waals surface area contributed by atoms with Crippen molar-refractivity contribution in [3.05, 3.63) is 12.2 Å². The summed E-state index contributed by atoms with van der Waals surface area (Å²) in [5.41, 5.74) is 0. The highest BCUT2D eigenvalue weighted by atomic mass is 35.5. The topological polar surface area (TPSA) is 38.8 Å². The zero-order chi connectivity index (χ0) is 15.3. The van der Waals surface area contributed by atoms with Gasteiger partial charge < -0.3 is 14.4 Å². The van der Waals surface area contributed by atoms with Crippen LogP contribution in [0.3, 0.4) is 0 Å². The van der Waals surface area contributed by atoms with Gasteiger partial charge in [-0.3, -0.25) is 4.79 Å². The highest BCUT2D eigenvalue weighted by molar-refractivity contribution is 6.53. The lowest BCUT2D eigenvalue weighted by molar-refractivity contribution is -0.260. The number of carbonyl (C=O) groups is 1. The standard InChI is InChI=1S/C14H23Cl2NO3/c1-5-6-7-17(14(18)13(15)16)8-12-19-10(3)9(2)11(4)20-12/h5-6,9-13H,7-8H2,1-4H3/b6-5+. The number of allylic oxidation sites excluding steroid dienone is 1. The fourth-order valence-electron chi connectivity index (χ4n) is 2.03. The Morgan fingerprint density at radius 3 is 2.25 bits per heavy atom. The number of hydrogen-bond acceptors (Lipinski definition) is 3. The van der Waals surface area contributed by atoms with E-state index in [0.717, 1.165) is 0 Å². The van der Waals surface area contributed by atoms with E-state index in [1.807, 2.05) is 32.9 Å². The summed E-state index contributed by atoms with van der Waals surface area (Å²) in [7, 11) is 0. The van der Waals surface area contributed by atoms with Crippen molar-refractivity contribution in [3.8, 4) is 0 Å². The number of alkyl halides is 2. The van der Waals surface area contributed by atoms with Crippen LogP contribution in [0.5, 0.6) is 0 Å². The number of hydrogen-bond donors (Lipinski definition) is 0. The number of halogens is 2. The molecule has 1 fully saturated rings. The number of amides is 1. The van der Waals surface area contributed by atoms with Crippen molar-refractivity contribution in [2.45, 2.75) is 51.0 Å². The molecule has 0 aromatic rings. The molecule has 1 aliphatic rings. The maximum absolute atomic E-state index is 12.0. The maximum Gasteiger partial charge on any atom is 0.256 e. The molecule has 1 aliphatic heterocycles. The van der Waals surface area contributed by atoms with E-state index in [4.69, 9.17) is 32.7 Å². The molecule has 116 valence electrons. The second-order valence-corrected chi connectivity index (χ2v) is 6.18. The second kappa shape index (κ2) is 8.23. The minimum atomic E-state index is -1.07. The predicted octanol–water partition coefficient (Wildman–Crippen LogP) is 2.98. The molecule has 0 radical (unpaired) electrons. The van der Waals surface area contributed by atoms with Crippen LogP contribution in [0.25, 0.3) is 0 Å². The minimum absolute atomic E-state index is 0.0882. The lowest BCUT2D eigenvalue weighted by Crippen LogP contribution is -2.49. The molecule has 1 heterocycles. The number of carbonyl (C=O) groups excluding carboxylic acids is 1. The normalized spacial score (nSPS) is 30.9. The average molecular weight is 324 g/mol. The monoisotopic (exact) mass is 323 g/mol. The fourth-order valence-corrected chi connectivity index (χ4v) is 2.31. The summed E-state index contributed by atoms with van der Waals surface area (Å²) in [6, 6.07) is 0. The summed E-state index contributed by atoms with van der Waals surface area (Å²) >= 11 is 11.3. The molecule has 0 saturated carbocycles. The highest BCUT2D eigenvalue weighted by Crippen LogP contribution is 2.24. The Kier molecular flexibility index (Phi) is 7.30. The Morgan fingerprint density at radius 1 is 1.25 bits per heavy atom. The third-order valence-electron chi connectivity index (χ3n) is 3.64. The van der Waals surface area contributed by atoms with E-state index in [-0.39, 0.29) is 18.1 Å². The number of rotatable bonds is 5. The number of ether oxygens (including phenoxy) is 2. The largest absolute Gasteiger partial charge is 0.347 e. The highest BCUT2D eigenvalue weighted by Gasteiger charge is 2.33. The molecular formula is C14H23Cl2NO3. The predicted molar refractivity (Wildman–Crippen MR) is 80.9 cm³/mol. The number of nitrogens with zero attached hydrogens (tertiary/aromatic N) is 1. The average Bonchev–Trinajstić information content (AvgIpc) is 2.39.